The molecule has 27 heavy (non-hydrogen) atoms. The van der Waals surface area contributed by atoms with Crippen molar-refractivity contribution in [2.24, 2.45) is 0 Å². The minimum Gasteiger partial charge on any atom is -0.486 e. The summed E-state index contributed by atoms with van der Waals surface area (Å²) in [6.45, 7) is 1.21. The SMILES string of the molecule is O=C(N[C@@H]1CC(=O)N(c2ccc3c(c2)OCCO3)C1)c1c(F)cccc1Cl. The van der Waals surface area contributed by atoms with Crippen molar-refractivity contribution < 1.29 is 23.5 Å². The van der Waals surface area contributed by atoms with Gasteiger partial charge in [-0.3, -0.25) is 9.59 Å². The number of carbonyl (C=O) groups is 2. The second kappa shape index (κ2) is 7.08. The number of hydrogen-bond acceptors (Lipinski definition) is 4. The lowest BCUT2D eigenvalue weighted by molar-refractivity contribution is -0.117. The Labute approximate surface area is 159 Å². The Kier molecular flexibility index (Phi) is 4.61. The van der Waals surface area contributed by atoms with Crippen LogP contribution in [0.15, 0.2) is 36.4 Å². The molecule has 2 aromatic carbocycles. The molecule has 0 aliphatic carbocycles. The van der Waals surface area contributed by atoms with Gasteiger partial charge in [0, 0.05) is 24.7 Å². The molecule has 0 bridgehead atoms. The van der Waals surface area contributed by atoms with Crippen molar-refractivity contribution >= 4 is 29.1 Å². The van der Waals surface area contributed by atoms with Crippen molar-refractivity contribution in [1.82, 2.24) is 5.32 Å². The number of carbonyl (C=O) groups excluding carboxylic acids is 2. The first-order valence-electron chi connectivity index (χ1n) is 8.48. The molecule has 1 N–H and O–H groups in total. The maximum Gasteiger partial charge on any atom is 0.256 e. The number of nitrogens with one attached hydrogen (secondary N) is 1. The van der Waals surface area contributed by atoms with E-state index in [9.17, 15) is 14.0 Å². The fraction of sp³-hybridized carbons (Fsp3) is 0.263. The molecule has 6 nitrogen and oxygen atoms in total. The molecule has 0 aromatic heterocycles. The van der Waals surface area contributed by atoms with E-state index in [1.165, 1.54) is 18.2 Å². The summed E-state index contributed by atoms with van der Waals surface area (Å²) in [5.41, 5.74) is 0.439. The highest BCUT2D eigenvalue weighted by Gasteiger charge is 2.33. The monoisotopic (exact) mass is 390 g/mol. The van der Waals surface area contributed by atoms with Gasteiger partial charge in [0.05, 0.1) is 16.6 Å². The average Bonchev–Trinajstić information content (AvgIpc) is 3.01. The van der Waals surface area contributed by atoms with E-state index in [2.05, 4.69) is 5.32 Å². The van der Waals surface area contributed by atoms with Crippen LogP contribution in [0.5, 0.6) is 11.5 Å². The first-order chi connectivity index (χ1) is 13.0. The van der Waals surface area contributed by atoms with Crippen molar-refractivity contribution in [3.8, 4) is 11.5 Å². The molecule has 1 fully saturated rings. The standard InChI is InChI=1S/C19H16ClFN2O4/c20-13-2-1-3-14(21)18(13)19(25)22-11-8-17(24)23(10-11)12-4-5-15-16(9-12)27-7-6-26-15/h1-5,9,11H,6-8,10H2,(H,22,25)/t11-/m1/s1. The number of fused-ring (bicyclic) bond motifs is 1. The van der Waals surface area contributed by atoms with E-state index in [1.807, 2.05) is 0 Å². The van der Waals surface area contributed by atoms with E-state index in [0.717, 1.165) is 0 Å². The zero-order chi connectivity index (χ0) is 19.0. The fourth-order valence-electron chi connectivity index (χ4n) is 3.23. The predicted molar refractivity (Wildman–Crippen MR) is 97.1 cm³/mol. The first kappa shape index (κ1) is 17.6. The number of rotatable bonds is 3. The van der Waals surface area contributed by atoms with Crippen molar-refractivity contribution in [3.05, 3.63) is 52.8 Å². The van der Waals surface area contributed by atoms with Gasteiger partial charge in [0.2, 0.25) is 5.91 Å². The molecule has 0 unspecified atom stereocenters. The van der Waals surface area contributed by atoms with Gasteiger partial charge >= 0.3 is 0 Å². The minimum atomic E-state index is -0.701. The van der Waals surface area contributed by atoms with E-state index in [4.69, 9.17) is 21.1 Å². The molecular weight excluding hydrogens is 375 g/mol. The van der Waals surface area contributed by atoms with Gasteiger partial charge in [-0.05, 0) is 24.3 Å². The highest BCUT2D eigenvalue weighted by Crippen LogP contribution is 2.35. The minimum absolute atomic E-state index is 0.0283. The number of nitrogens with zero attached hydrogens (tertiary/aromatic N) is 1. The fourth-order valence-corrected chi connectivity index (χ4v) is 3.47. The van der Waals surface area contributed by atoms with Crippen molar-refractivity contribution in [2.45, 2.75) is 12.5 Å². The molecule has 4 rings (SSSR count). The first-order valence-corrected chi connectivity index (χ1v) is 8.85. The summed E-state index contributed by atoms with van der Waals surface area (Å²) < 4.78 is 24.9. The Morgan fingerprint density at radius 1 is 1.19 bits per heavy atom. The van der Waals surface area contributed by atoms with Crippen LogP contribution >= 0.6 is 11.6 Å². The van der Waals surface area contributed by atoms with Crippen molar-refractivity contribution in [2.75, 3.05) is 24.7 Å². The molecule has 0 radical (unpaired) electrons. The van der Waals surface area contributed by atoms with E-state index in [-0.39, 0.29) is 29.5 Å². The third-order valence-electron chi connectivity index (χ3n) is 4.49. The molecule has 2 aromatic rings. The summed E-state index contributed by atoms with van der Waals surface area (Å²) in [5.74, 6) is -0.266. The van der Waals surface area contributed by atoms with E-state index >= 15 is 0 Å². The van der Waals surface area contributed by atoms with Crippen LogP contribution in [-0.2, 0) is 4.79 Å². The topological polar surface area (TPSA) is 67.9 Å². The summed E-state index contributed by atoms with van der Waals surface area (Å²) >= 11 is 5.93. The second-order valence-corrected chi connectivity index (χ2v) is 6.71. The van der Waals surface area contributed by atoms with Gasteiger partial charge in [0.1, 0.15) is 19.0 Å². The second-order valence-electron chi connectivity index (χ2n) is 6.30. The highest BCUT2D eigenvalue weighted by molar-refractivity contribution is 6.33. The maximum atomic E-state index is 13.9. The van der Waals surface area contributed by atoms with Crippen molar-refractivity contribution in [1.29, 1.82) is 0 Å². The Bertz CT molecular complexity index is 900. The van der Waals surface area contributed by atoms with Gasteiger partial charge in [-0.25, -0.2) is 4.39 Å². The summed E-state index contributed by atoms with van der Waals surface area (Å²) in [7, 11) is 0. The van der Waals surface area contributed by atoms with Crippen LogP contribution in [0.4, 0.5) is 10.1 Å². The van der Waals surface area contributed by atoms with Gasteiger partial charge in [-0.2, -0.15) is 0 Å². The normalized spacial score (nSPS) is 18.5. The van der Waals surface area contributed by atoms with Crippen LogP contribution < -0.4 is 19.7 Å². The Hall–Kier alpha value is -2.80. The molecule has 8 heteroatoms. The molecule has 0 spiro atoms. The average molecular weight is 391 g/mol. The molecule has 1 atom stereocenters. The number of benzene rings is 2. The molecular formula is C19H16ClFN2O4. The van der Waals surface area contributed by atoms with Gasteiger partial charge in [-0.15, -0.1) is 0 Å². The van der Waals surface area contributed by atoms with E-state index < -0.39 is 17.8 Å². The number of hydrogen-bond donors (Lipinski definition) is 1. The summed E-state index contributed by atoms with van der Waals surface area (Å²) in [6.07, 6.45) is 0.117. The Morgan fingerprint density at radius 3 is 2.74 bits per heavy atom. The quantitative estimate of drug-likeness (QED) is 0.875. The zero-order valence-corrected chi connectivity index (χ0v) is 15.0. The largest absolute Gasteiger partial charge is 0.486 e. The Balaban J connectivity index is 1.49. The zero-order valence-electron chi connectivity index (χ0n) is 14.2. The van der Waals surface area contributed by atoms with E-state index in [0.29, 0.717) is 30.4 Å². The summed E-state index contributed by atoms with van der Waals surface area (Å²) in [4.78, 5) is 26.4. The lowest BCUT2D eigenvalue weighted by Gasteiger charge is -2.22. The molecule has 1 saturated heterocycles. The molecule has 2 aliphatic rings. The third kappa shape index (κ3) is 3.42. The van der Waals surface area contributed by atoms with E-state index in [1.54, 1.807) is 23.1 Å². The summed E-state index contributed by atoms with van der Waals surface area (Å²) in [6, 6.07) is 8.85. The van der Waals surface area contributed by atoms with Gasteiger partial charge in [0.15, 0.2) is 11.5 Å². The third-order valence-corrected chi connectivity index (χ3v) is 4.80. The van der Waals surface area contributed by atoms with Crippen molar-refractivity contribution in [3.63, 3.8) is 0 Å². The smallest absolute Gasteiger partial charge is 0.256 e. The molecule has 0 saturated carbocycles. The summed E-state index contributed by atoms with van der Waals surface area (Å²) in [5, 5.41) is 2.72. The van der Waals surface area contributed by atoms with Crippen LogP contribution in [0.1, 0.15) is 16.8 Å². The van der Waals surface area contributed by atoms with Crippen LogP contribution in [0.25, 0.3) is 0 Å². The number of ether oxygens (including phenoxy) is 2. The van der Waals surface area contributed by atoms with Crippen LogP contribution in [0.2, 0.25) is 5.02 Å². The predicted octanol–water partition coefficient (Wildman–Crippen LogP) is 2.79. The van der Waals surface area contributed by atoms with Crippen LogP contribution in [0.3, 0.4) is 0 Å². The van der Waals surface area contributed by atoms with Gasteiger partial charge in [-0.1, -0.05) is 17.7 Å². The lowest BCUT2D eigenvalue weighted by atomic mass is 10.1. The molecule has 2 heterocycles. The molecule has 2 amide bonds. The van der Waals surface area contributed by atoms with Gasteiger partial charge < -0.3 is 19.7 Å². The number of anilines is 1. The maximum absolute atomic E-state index is 13.9. The number of amides is 2. The van der Waals surface area contributed by atoms with Crippen LogP contribution in [-0.4, -0.2) is 37.6 Å². The Morgan fingerprint density at radius 2 is 1.96 bits per heavy atom. The molecule has 140 valence electrons. The number of halogens is 2. The van der Waals surface area contributed by atoms with Crippen LogP contribution in [0, 0.1) is 5.82 Å². The highest BCUT2D eigenvalue weighted by atomic mass is 35.5. The molecule has 2 aliphatic heterocycles. The van der Waals surface area contributed by atoms with Gasteiger partial charge in [0.25, 0.3) is 5.91 Å². The lowest BCUT2D eigenvalue weighted by Crippen LogP contribution is -2.37.